The number of benzene rings is 3. The van der Waals surface area contributed by atoms with Gasteiger partial charge in [0.25, 0.3) is 0 Å². The third kappa shape index (κ3) is 2.51. The lowest BCUT2D eigenvalue weighted by atomic mass is 9.77. The molecule has 0 amide bonds. The minimum absolute atomic E-state index is 0.203. The maximum absolute atomic E-state index is 6.22. The number of fused-ring (bicyclic) bond motifs is 5. The van der Waals surface area contributed by atoms with E-state index in [2.05, 4.69) is 88.6 Å². The molecule has 32 heavy (non-hydrogen) atoms. The van der Waals surface area contributed by atoms with E-state index in [9.17, 15) is 0 Å². The van der Waals surface area contributed by atoms with Gasteiger partial charge in [0.1, 0.15) is 12.4 Å². The molecule has 5 heteroatoms. The van der Waals surface area contributed by atoms with E-state index in [0.717, 1.165) is 30.3 Å². The second-order valence-corrected chi connectivity index (χ2v) is 8.71. The summed E-state index contributed by atoms with van der Waals surface area (Å²) in [5, 5.41) is 0. The van der Waals surface area contributed by atoms with Crippen LogP contribution in [0.2, 0.25) is 0 Å². The molecule has 0 saturated carbocycles. The summed E-state index contributed by atoms with van der Waals surface area (Å²) < 4.78 is 19.6. The number of para-hydroxylation sites is 1. The van der Waals surface area contributed by atoms with Crippen molar-refractivity contribution in [2.24, 2.45) is 0 Å². The highest BCUT2D eigenvalue weighted by atomic mass is 16.7. The number of hydrogen-bond acceptors (Lipinski definition) is 4. The molecular weight excluding hydrogens is 400 g/mol. The monoisotopic (exact) mass is 422 g/mol. The summed E-state index contributed by atoms with van der Waals surface area (Å²) in [5.41, 5.74) is 6.04. The largest absolute Gasteiger partial charge is 0.492 e. The smallest absolute Gasteiger partial charge is 0.231 e. The van der Waals surface area contributed by atoms with E-state index in [1.54, 1.807) is 0 Å². The van der Waals surface area contributed by atoms with Crippen LogP contribution in [0.25, 0.3) is 5.69 Å². The Bertz CT molecular complexity index is 1330. The van der Waals surface area contributed by atoms with Crippen LogP contribution in [-0.2, 0) is 12.0 Å². The molecule has 3 aliphatic heterocycles. The molecule has 3 aromatic carbocycles. The van der Waals surface area contributed by atoms with Gasteiger partial charge in [0.05, 0.1) is 5.41 Å². The summed E-state index contributed by atoms with van der Waals surface area (Å²) in [6.07, 6.45) is 4.16. The van der Waals surface area contributed by atoms with E-state index in [1.165, 1.54) is 28.1 Å². The molecule has 1 unspecified atom stereocenters. The van der Waals surface area contributed by atoms with Gasteiger partial charge in [-0.3, -0.25) is 0 Å². The van der Waals surface area contributed by atoms with Gasteiger partial charge in [-0.15, -0.1) is 0 Å². The molecule has 5 nitrogen and oxygen atoms in total. The number of anilines is 1. The van der Waals surface area contributed by atoms with Crippen LogP contribution in [0.1, 0.15) is 16.7 Å². The predicted molar refractivity (Wildman–Crippen MR) is 122 cm³/mol. The Hall–Kier alpha value is -3.86. The van der Waals surface area contributed by atoms with Gasteiger partial charge < -0.3 is 23.7 Å². The van der Waals surface area contributed by atoms with Crippen molar-refractivity contribution in [3.8, 4) is 22.9 Å². The molecule has 0 aliphatic carbocycles. The Morgan fingerprint density at radius 1 is 0.750 bits per heavy atom. The summed E-state index contributed by atoms with van der Waals surface area (Å²) in [6.45, 7) is 2.61. The maximum Gasteiger partial charge on any atom is 0.231 e. The van der Waals surface area contributed by atoms with Crippen LogP contribution in [-0.4, -0.2) is 24.5 Å². The summed E-state index contributed by atoms with van der Waals surface area (Å²) in [5.74, 6) is 2.48. The zero-order valence-corrected chi connectivity index (χ0v) is 17.5. The molecule has 1 aromatic heterocycles. The average molecular weight is 422 g/mol. The van der Waals surface area contributed by atoms with Gasteiger partial charge in [-0.05, 0) is 47.5 Å². The number of aromatic nitrogens is 1. The van der Waals surface area contributed by atoms with E-state index in [1.807, 2.05) is 6.07 Å². The van der Waals surface area contributed by atoms with Crippen molar-refractivity contribution in [1.82, 2.24) is 4.57 Å². The molecule has 4 heterocycles. The van der Waals surface area contributed by atoms with E-state index in [4.69, 9.17) is 14.2 Å². The third-order valence-electron chi connectivity index (χ3n) is 6.87. The molecule has 1 atom stereocenters. The first-order valence-electron chi connectivity index (χ1n) is 10.9. The minimum Gasteiger partial charge on any atom is -0.492 e. The molecule has 3 aliphatic rings. The van der Waals surface area contributed by atoms with Gasteiger partial charge in [0.15, 0.2) is 11.5 Å². The number of nitrogens with zero attached hydrogens (tertiary/aromatic N) is 2. The highest BCUT2D eigenvalue weighted by Crippen LogP contribution is 2.54. The van der Waals surface area contributed by atoms with E-state index < -0.39 is 0 Å². The van der Waals surface area contributed by atoms with Crippen LogP contribution in [0.4, 0.5) is 5.69 Å². The fourth-order valence-corrected chi connectivity index (χ4v) is 5.38. The van der Waals surface area contributed by atoms with Crippen molar-refractivity contribution in [2.75, 3.05) is 24.8 Å². The van der Waals surface area contributed by atoms with Gasteiger partial charge in [0, 0.05) is 48.5 Å². The fourth-order valence-electron chi connectivity index (χ4n) is 5.38. The molecular formula is C27H22N2O3. The normalized spacial score (nSPS) is 19.8. The van der Waals surface area contributed by atoms with Crippen molar-refractivity contribution >= 4 is 5.69 Å². The molecule has 158 valence electrons. The molecule has 0 fully saturated rings. The topological polar surface area (TPSA) is 35.9 Å². The Morgan fingerprint density at radius 2 is 1.59 bits per heavy atom. The first-order chi connectivity index (χ1) is 15.8. The Morgan fingerprint density at radius 3 is 2.50 bits per heavy atom. The highest BCUT2D eigenvalue weighted by Gasteiger charge is 2.50. The Kier molecular flexibility index (Phi) is 3.65. The standard InChI is InChI=1S/C27H22N2O3/c1-2-9-23-21(8-1)27(17-30-24-14-26-25(13-22(24)27)31-18-32-26)16-29(23)15-19-6-5-7-20(12-19)28-10-3-4-11-28/h1-14H,15-18H2. The fraction of sp³-hybridized carbons (Fsp3) is 0.185. The van der Waals surface area contributed by atoms with Crippen molar-refractivity contribution in [3.63, 3.8) is 0 Å². The van der Waals surface area contributed by atoms with Crippen molar-refractivity contribution in [2.45, 2.75) is 12.0 Å². The molecule has 0 N–H and O–H groups in total. The van der Waals surface area contributed by atoms with Crippen LogP contribution in [0.15, 0.2) is 85.2 Å². The molecule has 0 saturated heterocycles. The lowest BCUT2D eigenvalue weighted by molar-refractivity contribution is 0.173. The number of ether oxygens (including phenoxy) is 3. The van der Waals surface area contributed by atoms with Crippen LogP contribution >= 0.6 is 0 Å². The van der Waals surface area contributed by atoms with E-state index in [-0.39, 0.29) is 12.2 Å². The lowest BCUT2D eigenvalue weighted by Crippen LogP contribution is -2.35. The molecule has 1 spiro atoms. The first kappa shape index (κ1) is 17.8. The second kappa shape index (κ2) is 6.57. The van der Waals surface area contributed by atoms with Crippen molar-refractivity contribution < 1.29 is 14.2 Å². The Balaban J connectivity index is 1.28. The van der Waals surface area contributed by atoms with Crippen LogP contribution in [0.5, 0.6) is 17.2 Å². The van der Waals surface area contributed by atoms with Crippen molar-refractivity contribution in [1.29, 1.82) is 0 Å². The van der Waals surface area contributed by atoms with Gasteiger partial charge in [-0.1, -0.05) is 30.3 Å². The quantitative estimate of drug-likeness (QED) is 0.470. The zero-order chi connectivity index (χ0) is 21.1. The lowest BCUT2D eigenvalue weighted by Gasteiger charge is -2.25. The first-order valence-corrected chi connectivity index (χ1v) is 10.9. The molecule has 0 bridgehead atoms. The SMILES string of the molecule is c1cc(CN2CC3(COc4cc5c(cc43)OCO5)c3ccccc32)cc(-n2cccc2)c1. The summed E-state index contributed by atoms with van der Waals surface area (Å²) in [4.78, 5) is 2.48. The summed E-state index contributed by atoms with van der Waals surface area (Å²) in [6, 6.07) is 25.7. The molecule has 4 aromatic rings. The minimum atomic E-state index is -0.203. The highest BCUT2D eigenvalue weighted by molar-refractivity contribution is 5.71. The van der Waals surface area contributed by atoms with Crippen LogP contribution < -0.4 is 19.1 Å². The average Bonchev–Trinajstić information content (AvgIpc) is 3.61. The summed E-state index contributed by atoms with van der Waals surface area (Å²) >= 11 is 0. The molecule has 0 radical (unpaired) electrons. The van der Waals surface area contributed by atoms with Gasteiger partial charge in [-0.25, -0.2) is 0 Å². The van der Waals surface area contributed by atoms with E-state index in [0.29, 0.717) is 6.61 Å². The van der Waals surface area contributed by atoms with Crippen molar-refractivity contribution in [3.05, 3.63) is 102 Å². The summed E-state index contributed by atoms with van der Waals surface area (Å²) in [7, 11) is 0. The van der Waals surface area contributed by atoms with Crippen LogP contribution in [0, 0.1) is 0 Å². The third-order valence-corrected chi connectivity index (χ3v) is 6.87. The second-order valence-electron chi connectivity index (χ2n) is 8.71. The van der Waals surface area contributed by atoms with Gasteiger partial charge >= 0.3 is 0 Å². The zero-order valence-electron chi connectivity index (χ0n) is 17.5. The maximum atomic E-state index is 6.22. The van der Waals surface area contributed by atoms with Gasteiger partial charge in [0.2, 0.25) is 6.79 Å². The number of rotatable bonds is 3. The van der Waals surface area contributed by atoms with Crippen LogP contribution in [0.3, 0.4) is 0 Å². The van der Waals surface area contributed by atoms with Gasteiger partial charge in [-0.2, -0.15) is 0 Å². The number of hydrogen-bond donors (Lipinski definition) is 0. The predicted octanol–water partition coefficient (Wildman–Crippen LogP) is 4.90. The Labute approximate surface area is 186 Å². The van der Waals surface area contributed by atoms with E-state index >= 15 is 0 Å². The molecule has 7 rings (SSSR count).